The second kappa shape index (κ2) is 10.6. The zero-order chi connectivity index (χ0) is 27.8. The van der Waals surface area contributed by atoms with Crippen LogP contribution in [0.5, 0.6) is 11.5 Å². The molecule has 7 nitrogen and oxygen atoms in total. The number of anilines is 1. The van der Waals surface area contributed by atoms with Crippen LogP contribution in [0.1, 0.15) is 26.8 Å². The van der Waals surface area contributed by atoms with Gasteiger partial charge < -0.3 is 14.6 Å². The second-order valence-electron chi connectivity index (χ2n) is 8.94. The number of aliphatic hydroxyl groups is 1. The number of ketones is 1. The molecule has 1 aliphatic heterocycles. The van der Waals surface area contributed by atoms with Gasteiger partial charge in [-0.15, -0.1) is 11.3 Å². The number of benzene rings is 3. The Balaban J connectivity index is 1.44. The Bertz CT molecular complexity index is 1770. The molecule has 2 aromatic heterocycles. The number of aromatic nitrogens is 1. The van der Waals surface area contributed by atoms with E-state index in [2.05, 4.69) is 4.98 Å². The van der Waals surface area contributed by atoms with E-state index >= 15 is 0 Å². The van der Waals surface area contributed by atoms with Crippen molar-refractivity contribution in [2.24, 2.45) is 0 Å². The maximum atomic E-state index is 13.9. The van der Waals surface area contributed by atoms with E-state index in [-0.39, 0.29) is 10.7 Å². The first-order valence-corrected chi connectivity index (χ1v) is 13.9. The zero-order valence-electron chi connectivity index (χ0n) is 21.0. The molecule has 0 spiro atoms. The molecule has 0 aliphatic carbocycles. The lowest BCUT2D eigenvalue weighted by molar-refractivity contribution is -0.117. The topological polar surface area (TPSA) is 89.0 Å². The lowest BCUT2D eigenvalue weighted by Crippen LogP contribution is -2.31. The molecule has 1 aliphatic rings. The van der Waals surface area contributed by atoms with E-state index in [1.807, 2.05) is 30.3 Å². The summed E-state index contributed by atoms with van der Waals surface area (Å²) in [6.07, 6.45) is 0. The summed E-state index contributed by atoms with van der Waals surface area (Å²) in [5, 5.41) is 13.0. The molecular formula is C30H21FN2O5S2. The average Bonchev–Trinajstić information content (AvgIpc) is 3.71. The van der Waals surface area contributed by atoms with Crippen LogP contribution >= 0.6 is 22.7 Å². The summed E-state index contributed by atoms with van der Waals surface area (Å²) in [4.78, 5) is 33.3. The SMILES string of the molecule is COc1cc(C2C(C(=O)c3cccs3)=C(O)C(=O)N2c2nc3ccc(F)cc3s2)ccc1OCc1ccccc1. The Hall–Kier alpha value is -4.54. The molecule has 1 unspecified atom stereocenters. The molecule has 6 rings (SSSR count). The first-order valence-electron chi connectivity index (χ1n) is 12.2. The fourth-order valence-corrected chi connectivity index (χ4v) is 6.28. The Kier molecular flexibility index (Phi) is 6.79. The van der Waals surface area contributed by atoms with Gasteiger partial charge in [0.1, 0.15) is 12.4 Å². The molecule has 0 saturated carbocycles. The molecule has 0 saturated heterocycles. The second-order valence-corrected chi connectivity index (χ2v) is 10.9. The number of methoxy groups -OCH3 is 1. The van der Waals surface area contributed by atoms with Crippen LogP contribution in [0.15, 0.2) is 95.6 Å². The smallest absolute Gasteiger partial charge is 0.296 e. The number of hydrogen-bond acceptors (Lipinski definition) is 8. The molecule has 200 valence electrons. The van der Waals surface area contributed by atoms with Gasteiger partial charge in [-0.2, -0.15) is 0 Å². The predicted octanol–water partition coefficient (Wildman–Crippen LogP) is 6.87. The summed E-state index contributed by atoms with van der Waals surface area (Å²) in [6.45, 7) is 0.315. The van der Waals surface area contributed by atoms with Crippen LogP contribution in [-0.2, 0) is 11.4 Å². The number of carbonyl (C=O) groups excluding carboxylic acids is 2. The van der Waals surface area contributed by atoms with Crippen molar-refractivity contribution in [3.63, 3.8) is 0 Å². The van der Waals surface area contributed by atoms with Crippen LogP contribution in [0, 0.1) is 5.82 Å². The first-order chi connectivity index (χ1) is 19.4. The van der Waals surface area contributed by atoms with Crippen molar-refractivity contribution >= 4 is 49.7 Å². The average molecular weight is 573 g/mol. The molecule has 3 heterocycles. The molecular weight excluding hydrogens is 551 g/mol. The minimum atomic E-state index is -1.01. The van der Waals surface area contributed by atoms with Gasteiger partial charge in [-0.05, 0) is 52.9 Å². The fourth-order valence-electron chi connectivity index (χ4n) is 4.59. The van der Waals surface area contributed by atoms with Gasteiger partial charge >= 0.3 is 0 Å². The van der Waals surface area contributed by atoms with Crippen LogP contribution in [0.2, 0.25) is 0 Å². The summed E-state index contributed by atoms with van der Waals surface area (Å²) in [6, 6.07) is 21.3. The third kappa shape index (κ3) is 4.61. The van der Waals surface area contributed by atoms with E-state index in [0.29, 0.717) is 38.8 Å². The Morgan fingerprint density at radius 1 is 1.05 bits per heavy atom. The molecule has 1 atom stereocenters. The fraction of sp³-hybridized carbons (Fsp3) is 0.100. The van der Waals surface area contributed by atoms with Crippen molar-refractivity contribution in [1.29, 1.82) is 0 Å². The summed E-state index contributed by atoms with van der Waals surface area (Å²) < 4.78 is 26.0. The molecule has 40 heavy (non-hydrogen) atoms. The zero-order valence-corrected chi connectivity index (χ0v) is 22.7. The highest BCUT2D eigenvalue weighted by molar-refractivity contribution is 7.22. The molecule has 3 aromatic carbocycles. The highest BCUT2D eigenvalue weighted by atomic mass is 32.1. The molecule has 0 radical (unpaired) electrons. The molecule has 5 aromatic rings. The van der Waals surface area contributed by atoms with E-state index in [4.69, 9.17) is 9.47 Å². The number of fused-ring (bicyclic) bond motifs is 1. The summed E-state index contributed by atoms with van der Waals surface area (Å²) in [7, 11) is 1.50. The number of ether oxygens (including phenoxy) is 2. The summed E-state index contributed by atoms with van der Waals surface area (Å²) in [5.41, 5.74) is 1.91. The van der Waals surface area contributed by atoms with Gasteiger partial charge in [0.2, 0.25) is 5.78 Å². The monoisotopic (exact) mass is 572 g/mol. The maximum Gasteiger partial charge on any atom is 0.296 e. The molecule has 1 N–H and O–H groups in total. The minimum absolute atomic E-state index is 0.0714. The Morgan fingerprint density at radius 3 is 2.62 bits per heavy atom. The van der Waals surface area contributed by atoms with Crippen LogP contribution in [0.3, 0.4) is 0 Å². The van der Waals surface area contributed by atoms with Gasteiger partial charge in [-0.25, -0.2) is 9.37 Å². The largest absolute Gasteiger partial charge is 0.503 e. The number of halogens is 1. The number of carbonyl (C=O) groups is 2. The van der Waals surface area contributed by atoms with Crippen molar-refractivity contribution in [2.75, 3.05) is 12.0 Å². The van der Waals surface area contributed by atoms with Gasteiger partial charge in [0.25, 0.3) is 5.91 Å². The number of nitrogens with zero attached hydrogens (tertiary/aromatic N) is 2. The van der Waals surface area contributed by atoms with Crippen molar-refractivity contribution in [3.05, 3.63) is 117 Å². The highest BCUT2D eigenvalue weighted by Gasteiger charge is 2.46. The molecule has 10 heteroatoms. The molecule has 0 fully saturated rings. The van der Waals surface area contributed by atoms with Crippen LogP contribution in [-0.4, -0.2) is 28.9 Å². The van der Waals surface area contributed by atoms with Gasteiger partial charge in [0.15, 0.2) is 22.4 Å². The standard InChI is InChI=1S/C30H21FN2O5S2/c1-37-22-14-18(9-12-21(22)38-16-17-6-3-2-4-7-17)26-25(27(34)23-8-5-13-39-23)28(35)29(36)33(26)30-32-20-11-10-19(31)15-24(20)40-30/h2-15,26,35H,16H2,1H3. The van der Waals surface area contributed by atoms with E-state index in [1.165, 1.54) is 41.5 Å². The molecule has 1 amide bonds. The van der Waals surface area contributed by atoms with E-state index in [9.17, 15) is 19.1 Å². The lowest BCUT2D eigenvalue weighted by atomic mass is 9.95. The van der Waals surface area contributed by atoms with Crippen molar-refractivity contribution in [1.82, 2.24) is 4.98 Å². The number of Topliss-reactive ketones (excluding diaryl/α,β-unsaturated/α-hetero) is 1. The van der Waals surface area contributed by atoms with E-state index in [1.54, 1.807) is 35.7 Å². The predicted molar refractivity (Wildman–Crippen MR) is 152 cm³/mol. The number of rotatable bonds is 8. The number of thiophene rings is 1. The lowest BCUT2D eigenvalue weighted by Gasteiger charge is -2.25. The first kappa shape index (κ1) is 25.7. The highest BCUT2D eigenvalue weighted by Crippen LogP contribution is 2.46. The van der Waals surface area contributed by atoms with E-state index < -0.39 is 29.3 Å². The van der Waals surface area contributed by atoms with Gasteiger partial charge in [0, 0.05) is 0 Å². The van der Waals surface area contributed by atoms with Gasteiger partial charge in [-0.1, -0.05) is 53.8 Å². The number of aliphatic hydroxyl groups excluding tert-OH is 1. The van der Waals surface area contributed by atoms with Gasteiger partial charge in [-0.3, -0.25) is 14.5 Å². The quantitative estimate of drug-likeness (QED) is 0.204. The third-order valence-electron chi connectivity index (χ3n) is 6.48. The number of hydrogen-bond donors (Lipinski definition) is 1. The minimum Gasteiger partial charge on any atom is -0.503 e. The van der Waals surface area contributed by atoms with Crippen LogP contribution in [0.4, 0.5) is 9.52 Å². The third-order valence-corrected chi connectivity index (χ3v) is 8.37. The number of thiazole rings is 1. The Morgan fingerprint density at radius 2 is 1.88 bits per heavy atom. The van der Waals surface area contributed by atoms with Crippen molar-refractivity contribution < 1.29 is 28.6 Å². The Labute approximate surface area is 236 Å². The maximum absolute atomic E-state index is 13.9. The van der Waals surface area contributed by atoms with Crippen molar-refractivity contribution in [2.45, 2.75) is 12.6 Å². The van der Waals surface area contributed by atoms with Gasteiger partial charge in [0.05, 0.1) is 33.8 Å². The molecule has 0 bridgehead atoms. The number of amides is 1. The van der Waals surface area contributed by atoms with E-state index in [0.717, 1.165) is 16.9 Å². The van der Waals surface area contributed by atoms with Crippen LogP contribution < -0.4 is 14.4 Å². The normalized spacial score (nSPS) is 15.2. The van der Waals surface area contributed by atoms with Crippen molar-refractivity contribution in [3.8, 4) is 11.5 Å². The summed E-state index contributed by atoms with van der Waals surface area (Å²) in [5.74, 6) is -1.46. The van der Waals surface area contributed by atoms with Crippen LogP contribution in [0.25, 0.3) is 10.2 Å². The summed E-state index contributed by atoms with van der Waals surface area (Å²) >= 11 is 2.31.